The topological polar surface area (TPSA) is 72.2 Å². The van der Waals surface area contributed by atoms with Gasteiger partial charge >= 0.3 is 0 Å². The van der Waals surface area contributed by atoms with Crippen LogP contribution in [0.2, 0.25) is 0 Å². The molecule has 2 aromatic carbocycles. The van der Waals surface area contributed by atoms with Crippen molar-refractivity contribution in [2.75, 3.05) is 4.72 Å². The maximum absolute atomic E-state index is 13.3. The van der Waals surface area contributed by atoms with Crippen molar-refractivity contribution in [2.24, 2.45) is 5.73 Å². The Morgan fingerprint density at radius 3 is 2.48 bits per heavy atom. The molecule has 0 amide bonds. The molecule has 0 unspecified atom stereocenters. The second-order valence-corrected chi connectivity index (χ2v) is 6.18. The highest BCUT2D eigenvalue weighted by Crippen LogP contribution is 2.22. The van der Waals surface area contributed by atoms with Crippen LogP contribution in [0, 0.1) is 18.6 Å². The van der Waals surface area contributed by atoms with Gasteiger partial charge in [-0.1, -0.05) is 6.07 Å². The van der Waals surface area contributed by atoms with E-state index in [2.05, 4.69) is 4.72 Å². The molecule has 0 spiro atoms. The Morgan fingerprint density at radius 2 is 1.86 bits per heavy atom. The molecule has 112 valence electrons. The lowest BCUT2D eigenvalue weighted by Gasteiger charge is -2.12. The third-order valence-electron chi connectivity index (χ3n) is 2.95. The molecule has 2 rings (SSSR count). The number of aryl methyl sites for hydroxylation is 1. The van der Waals surface area contributed by atoms with E-state index in [0.717, 1.165) is 18.2 Å². The summed E-state index contributed by atoms with van der Waals surface area (Å²) in [6, 6.07) is 7.17. The Bertz CT molecular complexity index is 777. The van der Waals surface area contributed by atoms with Gasteiger partial charge in [0.1, 0.15) is 11.6 Å². The molecule has 0 atom stereocenters. The van der Waals surface area contributed by atoms with Crippen molar-refractivity contribution in [3.63, 3.8) is 0 Å². The minimum atomic E-state index is -4.00. The van der Waals surface area contributed by atoms with Crippen LogP contribution in [0.4, 0.5) is 14.5 Å². The van der Waals surface area contributed by atoms with Gasteiger partial charge in [0.15, 0.2) is 0 Å². The third kappa shape index (κ3) is 3.37. The zero-order valence-corrected chi connectivity index (χ0v) is 12.0. The summed E-state index contributed by atoms with van der Waals surface area (Å²) in [6.07, 6.45) is 0. The van der Waals surface area contributed by atoms with Gasteiger partial charge in [0, 0.05) is 12.2 Å². The summed E-state index contributed by atoms with van der Waals surface area (Å²) in [5, 5.41) is 0. The molecule has 0 heterocycles. The first-order chi connectivity index (χ1) is 9.83. The average molecular weight is 312 g/mol. The number of nitrogens with one attached hydrogen (secondary N) is 1. The minimum absolute atomic E-state index is 0.0427. The summed E-state index contributed by atoms with van der Waals surface area (Å²) in [4.78, 5) is -0.230. The van der Waals surface area contributed by atoms with E-state index in [-0.39, 0.29) is 17.1 Å². The van der Waals surface area contributed by atoms with Crippen LogP contribution in [-0.2, 0) is 16.6 Å². The molecule has 3 N–H and O–H groups in total. The summed E-state index contributed by atoms with van der Waals surface area (Å²) in [5.74, 6) is -1.12. The van der Waals surface area contributed by atoms with E-state index in [9.17, 15) is 17.2 Å². The van der Waals surface area contributed by atoms with Crippen LogP contribution >= 0.6 is 0 Å². The van der Waals surface area contributed by atoms with Crippen molar-refractivity contribution in [3.8, 4) is 0 Å². The van der Waals surface area contributed by atoms with E-state index in [1.807, 2.05) is 0 Å². The van der Waals surface area contributed by atoms with Crippen molar-refractivity contribution in [2.45, 2.75) is 18.4 Å². The monoisotopic (exact) mass is 312 g/mol. The second kappa shape index (κ2) is 5.79. The molecule has 4 nitrogen and oxygen atoms in total. The summed E-state index contributed by atoms with van der Waals surface area (Å²) < 4.78 is 53.4. The standard InChI is InChI=1S/C14H14F2N2O2S/c1-9-6-12(4-5-13(9)16)18-21(19,20)14-7-11(15)3-2-10(14)8-17/h2-7,18H,8,17H2,1H3. The van der Waals surface area contributed by atoms with E-state index < -0.39 is 21.7 Å². The van der Waals surface area contributed by atoms with Crippen LogP contribution in [0.5, 0.6) is 0 Å². The summed E-state index contributed by atoms with van der Waals surface area (Å²) >= 11 is 0. The second-order valence-electron chi connectivity index (χ2n) is 4.53. The molecule has 7 heteroatoms. The molecule has 21 heavy (non-hydrogen) atoms. The Labute approximate surface area is 121 Å². The normalized spacial score (nSPS) is 11.4. The largest absolute Gasteiger partial charge is 0.326 e. The van der Waals surface area contributed by atoms with E-state index in [1.54, 1.807) is 0 Å². The number of hydrogen-bond donors (Lipinski definition) is 2. The minimum Gasteiger partial charge on any atom is -0.326 e. The zero-order chi connectivity index (χ0) is 15.6. The van der Waals surface area contributed by atoms with Crippen LogP contribution in [0.3, 0.4) is 0 Å². The number of nitrogens with two attached hydrogens (primary N) is 1. The molecule has 0 aliphatic rings. The highest BCUT2D eigenvalue weighted by atomic mass is 32.2. The summed E-state index contributed by atoms with van der Waals surface area (Å²) in [7, 11) is -4.00. The molecular weight excluding hydrogens is 298 g/mol. The van der Waals surface area contributed by atoms with Gasteiger partial charge in [-0.25, -0.2) is 17.2 Å². The highest BCUT2D eigenvalue weighted by Gasteiger charge is 2.19. The summed E-state index contributed by atoms with van der Waals surface area (Å²) in [5.41, 5.74) is 6.26. The first kappa shape index (κ1) is 15.4. The Balaban J connectivity index is 2.42. The molecule has 0 aromatic heterocycles. The summed E-state index contributed by atoms with van der Waals surface area (Å²) in [6.45, 7) is 1.47. The first-order valence-electron chi connectivity index (χ1n) is 6.11. The molecule has 2 aromatic rings. The molecule has 0 aliphatic carbocycles. The lowest BCUT2D eigenvalue weighted by atomic mass is 10.2. The van der Waals surface area contributed by atoms with Crippen LogP contribution in [0.15, 0.2) is 41.3 Å². The smallest absolute Gasteiger partial charge is 0.262 e. The Hall–Kier alpha value is -1.99. The van der Waals surface area contributed by atoms with Crippen LogP contribution < -0.4 is 10.5 Å². The number of rotatable bonds is 4. The van der Waals surface area contributed by atoms with Gasteiger partial charge in [-0.05, 0) is 48.4 Å². The number of hydrogen-bond acceptors (Lipinski definition) is 3. The maximum Gasteiger partial charge on any atom is 0.262 e. The fourth-order valence-electron chi connectivity index (χ4n) is 1.87. The van der Waals surface area contributed by atoms with Crippen molar-refractivity contribution in [1.82, 2.24) is 0 Å². The lowest BCUT2D eigenvalue weighted by molar-refractivity contribution is 0.593. The number of benzene rings is 2. The van der Waals surface area contributed by atoms with Gasteiger partial charge in [0.25, 0.3) is 10.0 Å². The van der Waals surface area contributed by atoms with Gasteiger partial charge in [0.05, 0.1) is 4.90 Å². The first-order valence-corrected chi connectivity index (χ1v) is 7.59. The van der Waals surface area contributed by atoms with Crippen LogP contribution in [0.25, 0.3) is 0 Å². The molecule has 0 fully saturated rings. The van der Waals surface area contributed by atoms with Crippen LogP contribution in [0.1, 0.15) is 11.1 Å². The lowest BCUT2D eigenvalue weighted by Crippen LogP contribution is -2.16. The quantitative estimate of drug-likeness (QED) is 0.911. The van der Waals surface area contributed by atoms with Gasteiger partial charge in [-0.15, -0.1) is 0 Å². The number of anilines is 1. The van der Waals surface area contributed by atoms with Gasteiger partial charge in [0.2, 0.25) is 0 Å². The fourth-order valence-corrected chi connectivity index (χ4v) is 3.18. The molecule has 0 saturated carbocycles. The average Bonchev–Trinajstić information content (AvgIpc) is 2.42. The zero-order valence-electron chi connectivity index (χ0n) is 11.2. The van der Waals surface area contributed by atoms with Crippen molar-refractivity contribution >= 4 is 15.7 Å². The Kier molecular flexibility index (Phi) is 4.24. The third-order valence-corrected chi connectivity index (χ3v) is 4.41. The van der Waals surface area contributed by atoms with Crippen molar-refractivity contribution in [3.05, 3.63) is 59.2 Å². The van der Waals surface area contributed by atoms with Crippen molar-refractivity contribution < 1.29 is 17.2 Å². The van der Waals surface area contributed by atoms with Gasteiger partial charge < -0.3 is 5.73 Å². The molecule has 0 saturated heterocycles. The van der Waals surface area contributed by atoms with Gasteiger partial charge in [-0.3, -0.25) is 4.72 Å². The van der Waals surface area contributed by atoms with E-state index in [0.29, 0.717) is 11.1 Å². The maximum atomic E-state index is 13.3. The molecule has 0 radical (unpaired) electrons. The van der Waals surface area contributed by atoms with Gasteiger partial charge in [-0.2, -0.15) is 0 Å². The number of sulfonamides is 1. The molecule has 0 bridgehead atoms. The molecule has 0 aliphatic heterocycles. The van der Waals surface area contributed by atoms with Crippen molar-refractivity contribution in [1.29, 1.82) is 0 Å². The Morgan fingerprint density at radius 1 is 1.14 bits per heavy atom. The predicted molar refractivity (Wildman–Crippen MR) is 76.2 cm³/mol. The SMILES string of the molecule is Cc1cc(NS(=O)(=O)c2cc(F)ccc2CN)ccc1F. The van der Waals surface area contributed by atoms with E-state index in [4.69, 9.17) is 5.73 Å². The fraction of sp³-hybridized carbons (Fsp3) is 0.143. The van der Waals surface area contributed by atoms with E-state index >= 15 is 0 Å². The number of halogens is 2. The van der Waals surface area contributed by atoms with Crippen LogP contribution in [-0.4, -0.2) is 8.42 Å². The van der Waals surface area contributed by atoms with E-state index in [1.165, 1.54) is 25.1 Å². The predicted octanol–water partition coefficient (Wildman–Crippen LogP) is 2.53. The molecular formula is C14H14F2N2O2S. The highest BCUT2D eigenvalue weighted by molar-refractivity contribution is 7.92.